The highest BCUT2D eigenvalue weighted by Crippen LogP contribution is 2.38. The third kappa shape index (κ3) is 3.54. The molecule has 0 unspecified atom stereocenters. The quantitative estimate of drug-likeness (QED) is 0.888. The Kier molecular flexibility index (Phi) is 3.92. The minimum atomic E-state index is -0.176. The number of rotatable bonds is 5. The number of thiophene rings is 1. The van der Waals surface area contributed by atoms with E-state index < -0.39 is 0 Å². The third-order valence-electron chi connectivity index (χ3n) is 3.17. The van der Waals surface area contributed by atoms with Gasteiger partial charge in [0.05, 0.1) is 18.8 Å². The minimum absolute atomic E-state index is 0.176. The number of urea groups is 1. The maximum atomic E-state index is 11.7. The van der Waals surface area contributed by atoms with Gasteiger partial charge in [-0.25, -0.2) is 14.8 Å². The topological polar surface area (TPSA) is 66.9 Å². The van der Waals surface area contributed by atoms with E-state index in [-0.39, 0.29) is 6.03 Å². The van der Waals surface area contributed by atoms with Gasteiger partial charge >= 0.3 is 6.03 Å². The van der Waals surface area contributed by atoms with Gasteiger partial charge in [-0.3, -0.25) is 0 Å². The molecule has 3 rings (SSSR count). The van der Waals surface area contributed by atoms with Gasteiger partial charge in [0.2, 0.25) is 0 Å². The summed E-state index contributed by atoms with van der Waals surface area (Å²) in [5.41, 5.74) is 1.95. The lowest BCUT2D eigenvalue weighted by Gasteiger charge is -2.07. The van der Waals surface area contributed by atoms with Crippen molar-refractivity contribution in [2.45, 2.75) is 31.8 Å². The van der Waals surface area contributed by atoms with Crippen molar-refractivity contribution in [1.82, 2.24) is 20.6 Å². The summed E-state index contributed by atoms with van der Waals surface area (Å²) in [6, 6.07) is 5.78. The molecule has 2 heterocycles. The predicted molar refractivity (Wildman–Crippen MR) is 77.4 cm³/mol. The molecule has 0 bridgehead atoms. The lowest BCUT2D eigenvalue weighted by molar-refractivity contribution is 0.240. The van der Waals surface area contributed by atoms with Crippen molar-refractivity contribution in [2.75, 3.05) is 0 Å². The molecular weight excluding hydrogens is 272 g/mol. The zero-order valence-electron chi connectivity index (χ0n) is 11.0. The monoisotopic (exact) mass is 288 g/mol. The molecule has 20 heavy (non-hydrogen) atoms. The maximum absolute atomic E-state index is 11.7. The molecule has 2 aromatic heterocycles. The summed E-state index contributed by atoms with van der Waals surface area (Å²) in [4.78, 5) is 21.3. The Morgan fingerprint density at radius 2 is 2.15 bits per heavy atom. The molecule has 0 radical (unpaired) electrons. The zero-order valence-corrected chi connectivity index (χ0v) is 11.8. The van der Waals surface area contributed by atoms with E-state index in [0.717, 1.165) is 16.3 Å². The Balaban J connectivity index is 1.46. The Labute approximate surface area is 121 Å². The van der Waals surface area contributed by atoms with Crippen LogP contribution in [0.25, 0.3) is 0 Å². The SMILES string of the molecule is O=C(NCc1cc(C2CC2)ncn1)NCc1cccs1. The molecule has 1 aliphatic rings. The Morgan fingerprint density at radius 3 is 2.90 bits per heavy atom. The molecular formula is C14H16N4OS. The van der Waals surface area contributed by atoms with Gasteiger partial charge in [-0.1, -0.05) is 6.07 Å². The Morgan fingerprint density at radius 1 is 1.30 bits per heavy atom. The van der Waals surface area contributed by atoms with Crippen LogP contribution in [0, 0.1) is 0 Å². The molecule has 0 aliphatic heterocycles. The zero-order chi connectivity index (χ0) is 13.8. The van der Waals surface area contributed by atoms with E-state index in [1.165, 1.54) is 12.8 Å². The normalized spacial score (nSPS) is 14.0. The van der Waals surface area contributed by atoms with Crippen molar-refractivity contribution in [3.63, 3.8) is 0 Å². The Bertz CT molecular complexity index is 581. The van der Waals surface area contributed by atoms with Gasteiger partial charge in [-0.2, -0.15) is 0 Å². The number of hydrogen-bond donors (Lipinski definition) is 2. The van der Waals surface area contributed by atoms with Crippen LogP contribution < -0.4 is 10.6 Å². The van der Waals surface area contributed by atoms with Gasteiger partial charge < -0.3 is 10.6 Å². The summed E-state index contributed by atoms with van der Waals surface area (Å²) in [5, 5.41) is 7.63. The number of carbonyl (C=O) groups excluding carboxylic acids is 1. The van der Waals surface area contributed by atoms with Crippen molar-refractivity contribution >= 4 is 17.4 Å². The fourth-order valence-corrected chi connectivity index (χ4v) is 2.57. The van der Waals surface area contributed by atoms with E-state index in [1.807, 2.05) is 23.6 Å². The second-order valence-corrected chi connectivity index (χ2v) is 5.86. The molecule has 1 saturated carbocycles. The number of amides is 2. The molecule has 0 spiro atoms. The van der Waals surface area contributed by atoms with Gasteiger partial charge in [-0.05, 0) is 30.4 Å². The summed E-state index contributed by atoms with van der Waals surface area (Å²) < 4.78 is 0. The van der Waals surface area contributed by atoms with Gasteiger partial charge in [0.15, 0.2) is 0 Å². The first-order valence-electron chi connectivity index (χ1n) is 6.66. The van der Waals surface area contributed by atoms with Crippen LogP contribution in [0.4, 0.5) is 4.79 Å². The number of hydrogen-bond acceptors (Lipinski definition) is 4. The molecule has 104 valence electrons. The van der Waals surface area contributed by atoms with Crippen molar-refractivity contribution in [2.24, 2.45) is 0 Å². The fraction of sp³-hybridized carbons (Fsp3) is 0.357. The second kappa shape index (κ2) is 6.00. The minimum Gasteiger partial charge on any atom is -0.333 e. The molecule has 6 heteroatoms. The van der Waals surface area contributed by atoms with E-state index in [4.69, 9.17) is 0 Å². The van der Waals surface area contributed by atoms with E-state index in [2.05, 4.69) is 20.6 Å². The van der Waals surface area contributed by atoms with Crippen LogP contribution >= 0.6 is 11.3 Å². The smallest absolute Gasteiger partial charge is 0.315 e. The lowest BCUT2D eigenvalue weighted by Crippen LogP contribution is -2.34. The van der Waals surface area contributed by atoms with Gasteiger partial charge in [0.25, 0.3) is 0 Å². The number of nitrogens with zero attached hydrogens (tertiary/aromatic N) is 2. The second-order valence-electron chi connectivity index (χ2n) is 4.82. The summed E-state index contributed by atoms with van der Waals surface area (Å²) >= 11 is 1.63. The van der Waals surface area contributed by atoms with Crippen LogP contribution in [0.3, 0.4) is 0 Å². The van der Waals surface area contributed by atoms with Crippen LogP contribution in [0.1, 0.15) is 35.0 Å². The summed E-state index contributed by atoms with van der Waals surface area (Å²) in [6.07, 6.45) is 4.00. The predicted octanol–water partition coefficient (Wildman–Crippen LogP) is 2.41. The molecule has 1 aliphatic carbocycles. The van der Waals surface area contributed by atoms with Crippen molar-refractivity contribution < 1.29 is 4.79 Å². The summed E-state index contributed by atoms with van der Waals surface area (Å²) in [7, 11) is 0. The van der Waals surface area contributed by atoms with Gasteiger partial charge in [-0.15, -0.1) is 11.3 Å². The first-order valence-corrected chi connectivity index (χ1v) is 7.54. The summed E-state index contributed by atoms with van der Waals surface area (Å²) in [5.74, 6) is 0.601. The van der Waals surface area contributed by atoms with Crippen LogP contribution in [0.5, 0.6) is 0 Å². The standard InChI is InChI=1S/C14H16N4OS/c19-14(16-8-12-2-1-5-20-12)15-7-11-6-13(10-3-4-10)18-9-17-11/h1-2,5-6,9-10H,3-4,7-8H2,(H2,15,16,19). The molecule has 2 amide bonds. The lowest BCUT2D eigenvalue weighted by atomic mass is 10.2. The molecule has 5 nitrogen and oxygen atoms in total. The van der Waals surface area contributed by atoms with Crippen molar-refractivity contribution in [1.29, 1.82) is 0 Å². The van der Waals surface area contributed by atoms with Crippen LogP contribution in [0.2, 0.25) is 0 Å². The highest BCUT2D eigenvalue weighted by Gasteiger charge is 2.25. The molecule has 2 aromatic rings. The van der Waals surface area contributed by atoms with E-state index in [9.17, 15) is 4.79 Å². The number of aromatic nitrogens is 2. The highest BCUT2D eigenvalue weighted by atomic mass is 32.1. The van der Waals surface area contributed by atoms with Crippen LogP contribution in [-0.4, -0.2) is 16.0 Å². The fourth-order valence-electron chi connectivity index (χ4n) is 1.93. The number of nitrogens with one attached hydrogen (secondary N) is 2. The average Bonchev–Trinajstić information content (AvgIpc) is 3.20. The average molecular weight is 288 g/mol. The Hall–Kier alpha value is -1.95. The van der Waals surface area contributed by atoms with E-state index in [1.54, 1.807) is 17.7 Å². The number of carbonyl (C=O) groups is 1. The van der Waals surface area contributed by atoms with E-state index in [0.29, 0.717) is 19.0 Å². The van der Waals surface area contributed by atoms with E-state index >= 15 is 0 Å². The van der Waals surface area contributed by atoms with Crippen LogP contribution in [0.15, 0.2) is 29.9 Å². The summed E-state index contributed by atoms with van der Waals surface area (Å²) in [6.45, 7) is 0.985. The molecule has 0 atom stereocenters. The van der Waals surface area contributed by atoms with Gasteiger partial charge in [0, 0.05) is 16.5 Å². The molecule has 0 aromatic carbocycles. The molecule has 2 N–H and O–H groups in total. The first kappa shape index (κ1) is 13.1. The molecule has 1 fully saturated rings. The maximum Gasteiger partial charge on any atom is 0.315 e. The largest absolute Gasteiger partial charge is 0.333 e. The van der Waals surface area contributed by atoms with Crippen molar-refractivity contribution in [3.8, 4) is 0 Å². The first-order chi connectivity index (χ1) is 9.81. The van der Waals surface area contributed by atoms with Crippen molar-refractivity contribution in [3.05, 3.63) is 46.2 Å². The third-order valence-corrected chi connectivity index (χ3v) is 4.05. The van der Waals surface area contributed by atoms with Gasteiger partial charge in [0.1, 0.15) is 6.33 Å². The van der Waals surface area contributed by atoms with Crippen LogP contribution in [-0.2, 0) is 13.1 Å². The highest BCUT2D eigenvalue weighted by molar-refractivity contribution is 7.09. The molecule has 0 saturated heterocycles.